The second-order valence-electron chi connectivity index (χ2n) is 6.44. The van der Waals surface area contributed by atoms with Crippen molar-refractivity contribution in [3.63, 3.8) is 0 Å². The Labute approximate surface area is 115 Å². The fourth-order valence-corrected chi connectivity index (χ4v) is 2.21. The first-order chi connectivity index (χ1) is 8.65. The number of carbonyl (C=O) groups excluding carboxylic acids is 2. The van der Waals surface area contributed by atoms with Gasteiger partial charge in [-0.2, -0.15) is 0 Å². The number of carbonyl (C=O) groups is 2. The van der Waals surface area contributed by atoms with E-state index < -0.39 is 5.60 Å². The Kier molecular flexibility index (Phi) is 4.82. The molecule has 0 radical (unpaired) electrons. The number of ether oxygens (including phenoxy) is 2. The van der Waals surface area contributed by atoms with Crippen molar-refractivity contribution in [3.05, 3.63) is 0 Å². The van der Waals surface area contributed by atoms with Gasteiger partial charge in [-0.25, -0.2) is 4.79 Å². The van der Waals surface area contributed by atoms with Gasteiger partial charge < -0.3 is 14.4 Å². The number of hydrogen-bond donors (Lipinski definition) is 0. The van der Waals surface area contributed by atoms with Crippen LogP contribution in [-0.2, 0) is 14.3 Å². The molecule has 1 rings (SSSR count). The standard InChI is InChI=1S/C14H25NO4/c1-6-18-11(16)9-14(5)7-8-15(10-14)12(17)19-13(2,3)4/h6-10H2,1-5H3. The highest BCUT2D eigenvalue weighted by atomic mass is 16.6. The van der Waals surface area contributed by atoms with Gasteiger partial charge in [-0.05, 0) is 39.5 Å². The lowest BCUT2D eigenvalue weighted by molar-refractivity contribution is -0.145. The van der Waals surface area contributed by atoms with Crippen LogP contribution in [0.25, 0.3) is 0 Å². The molecule has 0 aromatic rings. The molecule has 1 amide bonds. The second-order valence-corrected chi connectivity index (χ2v) is 6.44. The predicted molar refractivity (Wildman–Crippen MR) is 71.8 cm³/mol. The molecule has 0 aliphatic carbocycles. The summed E-state index contributed by atoms with van der Waals surface area (Å²) in [6.45, 7) is 10.9. The van der Waals surface area contributed by atoms with Gasteiger partial charge >= 0.3 is 12.1 Å². The van der Waals surface area contributed by atoms with Gasteiger partial charge in [0.25, 0.3) is 0 Å². The maximum absolute atomic E-state index is 11.9. The van der Waals surface area contributed by atoms with Gasteiger partial charge in [0.15, 0.2) is 0 Å². The van der Waals surface area contributed by atoms with Crippen LogP contribution in [0.3, 0.4) is 0 Å². The summed E-state index contributed by atoms with van der Waals surface area (Å²) in [6.07, 6.45) is 0.839. The fourth-order valence-electron chi connectivity index (χ4n) is 2.21. The van der Waals surface area contributed by atoms with Crippen LogP contribution >= 0.6 is 0 Å². The number of amides is 1. The molecule has 1 aliphatic rings. The molecule has 5 heteroatoms. The summed E-state index contributed by atoms with van der Waals surface area (Å²) in [5.74, 6) is -0.198. The van der Waals surface area contributed by atoms with Crippen molar-refractivity contribution >= 4 is 12.1 Å². The average molecular weight is 271 g/mol. The Hall–Kier alpha value is -1.26. The summed E-state index contributed by atoms with van der Waals surface area (Å²) in [5.41, 5.74) is -0.694. The molecule has 110 valence electrons. The van der Waals surface area contributed by atoms with E-state index in [0.717, 1.165) is 6.42 Å². The van der Waals surface area contributed by atoms with Crippen LogP contribution in [0.1, 0.15) is 47.5 Å². The minimum atomic E-state index is -0.489. The molecule has 0 aromatic carbocycles. The molecule has 0 saturated carbocycles. The first-order valence-corrected chi connectivity index (χ1v) is 6.79. The van der Waals surface area contributed by atoms with Crippen LogP contribution < -0.4 is 0 Å². The van der Waals surface area contributed by atoms with Gasteiger partial charge in [-0.15, -0.1) is 0 Å². The average Bonchev–Trinajstić information content (AvgIpc) is 2.58. The van der Waals surface area contributed by atoms with Crippen LogP contribution in [0.4, 0.5) is 4.79 Å². The lowest BCUT2D eigenvalue weighted by atomic mass is 9.86. The fraction of sp³-hybridized carbons (Fsp3) is 0.857. The van der Waals surface area contributed by atoms with Crippen LogP contribution in [0.2, 0.25) is 0 Å². The van der Waals surface area contributed by atoms with E-state index in [2.05, 4.69) is 0 Å². The van der Waals surface area contributed by atoms with E-state index in [0.29, 0.717) is 26.1 Å². The molecule has 1 atom stereocenters. The van der Waals surface area contributed by atoms with E-state index in [1.165, 1.54) is 0 Å². The topological polar surface area (TPSA) is 55.8 Å². The van der Waals surface area contributed by atoms with Gasteiger partial charge in [0.1, 0.15) is 5.60 Å². The third kappa shape index (κ3) is 5.09. The Morgan fingerprint density at radius 2 is 1.95 bits per heavy atom. The third-order valence-electron chi connectivity index (χ3n) is 3.09. The van der Waals surface area contributed by atoms with Gasteiger partial charge in [0, 0.05) is 13.1 Å². The molecule has 19 heavy (non-hydrogen) atoms. The molecule has 1 fully saturated rings. The molecular weight excluding hydrogens is 246 g/mol. The quantitative estimate of drug-likeness (QED) is 0.740. The summed E-state index contributed by atoms with van der Waals surface area (Å²) < 4.78 is 10.3. The van der Waals surface area contributed by atoms with Crippen molar-refractivity contribution in [1.29, 1.82) is 0 Å². The monoisotopic (exact) mass is 271 g/mol. The second kappa shape index (κ2) is 5.80. The van der Waals surface area contributed by atoms with Gasteiger partial charge in [0.2, 0.25) is 0 Å². The maximum atomic E-state index is 11.9. The summed E-state index contributed by atoms with van der Waals surface area (Å²) in [4.78, 5) is 25.2. The van der Waals surface area contributed by atoms with Gasteiger partial charge in [0.05, 0.1) is 13.0 Å². The third-order valence-corrected chi connectivity index (χ3v) is 3.09. The number of likely N-dealkylation sites (tertiary alicyclic amines) is 1. The van der Waals surface area contributed by atoms with E-state index in [1.807, 2.05) is 27.7 Å². The molecule has 5 nitrogen and oxygen atoms in total. The van der Waals surface area contributed by atoms with Crippen LogP contribution in [0.15, 0.2) is 0 Å². The first-order valence-electron chi connectivity index (χ1n) is 6.79. The Bertz CT molecular complexity index is 348. The minimum absolute atomic E-state index is 0.198. The maximum Gasteiger partial charge on any atom is 0.410 e. The molecule has 1 saturated heterocycles. The van der Waals surface area contributed by atoms with E-state index >= 15 is 0 Å². The highest BCUT2D eigenvalue weighted by Crippen LogP contribution is 2.34. The predicted octanol–water partition coefficient (Wildman–Crippen LogP) is 2.59. The Morgan fingerprint density at radius 1 is 1.32 bits per heavy atom. The molecule has 0 bridgehead atoms. The Morgan fingerprint density at radius 3 is 2.47 bits per heavy atom. The molecule has 1 unspecified atom stereocenters. The summed E-state index contributed by atoms with van der Waals surface area (Å²) in [7, 11) is 0. The number of hydrogen-bond acceptors (Lipinski definition) is 4. The number of rotatable bonds is 3. The molecule has 0 spiro atoms. The van der Waals surface area contributed by atoms with Crippen molar-refractivity contribution in [3.8, 4) is 0 Å². The van der Waals surface area contributed by atoms with E-state index in [9.17, 15) is 9.59 Å². The van der Waals surface area contributed by atoms with Gasteiger partial charge in [-0.1, -0.05) is 6.92 Å². The largest absolute Gasteiger partial charge is 0.466 e. The van der Waals surface area contributed by atoms with E-state index in [1.54, 1.807) is 11.8 Å². The van der Waals surface area contributed by atoms with E-state index in [4.69, 9.17) is 9.47 Å². The highest BCUT2D eigenvalue weighted by molar-refractivity contribution is 5.71. The SMILES string of the molecule is CCOC(=O)CC1(C)CCN(C(=O)OC(C)(C)C)C1. The smallest absolute Gasteiger partial charge is 0.410 e. The van der Waals surface area contributed by atoms with Crippen molar-refractivity contribution in [2.24, 2.45) is 5.41 Å². The zero-order chi connectivity index (χ0) is 14.7. The zero-order valence-corrected chi connectivity index (χ0v) is 12.6. The molecular formula is C14H25NO4. The number of nitrogens with zero attached hydrogens (tertiary/aromatic N) is 1. The van der Waals surface area contributed by atoms with Crippen molar-refractivity contribution < 1.29 is 19.1 Å². The van der Waals surface area contributed by atoms with Crippen LogP contribution in [-0.4, -0.2) is 42.3 Å². The summed E-state index contributed by atoms with van der Waals surface area (Å²) in [6, 6.07) is 0. The Balaban J connectivity index is 2.52. The van der Waals surface area contributed by atoms with E-state index in [-0.39, 0.29) is 17.5 Å². The van der Waals surface area contributed by atoms with Crippen LogP contribution in [0.5, 0.6) is 0 Å². The molecule has 0 N–H and O–H groups in total. The zero-order valence-electron chi connectivity index (χ0n) is 12.6. The van der Waals surface area contributed by atoms with Crippen LogP contribution in [0, 0.1) is 5.41 Å². The van der Waals surface area contributed by atoms with Crippen molar-refractivity contribution in [1.82, 2.24) is 4.90 Å². The van der Waals surface area contributed by atoms with Crippen molar-refractivity contribution in [2.45, 2.75) is 53.1 Å². The highest BCUT2D eigenvalue weighted by Gasteiger charge is 2.39. The van der Waals surface area contributed by atoms with Gasteiger partial charge in [-0.3, -0.25) is 4.79 Å². The molecule has 0 aromatic heterocycles. The lowest BCUT2D eigenvalue weighted by Crippen LogP contribution is -2.37. The molecule has 1 heterocycles. The molecule has 1 aliphatic heterocycles. The first kappa shape index (κ1) is 15.8. The number of esters is 1. The van der Waals surface area contributed by atoms with Crippen molar-refractivity contribution in [2.75, 3.05) is 19.7 Å². The summed E-state index contributed by atoms with van der Waals surface area (Å²) >= 11 is 0. The minimum Gasteiger partial charge on any atom is -0.466 e. The normalized spacial score (nSPS) is 23.3. The lowest BCUT2D eigenvalue weighted by Gasteiger charge is -2.26. The summed E-state index contributed by atoms with van der Waals surface area (Å²) in [5, 5.41) is 0.